The van der Waals surface area contributed by atoms with Crippen molar-refractivity contribution in [3.05, 3.63) is 24.3 Å². The number of benzene rings is 1. The van der Waals surface area contributed by atoms with E-state index in [9.17, 15) is 4.79 Å². The number of para-hydroxylation sites is 1. The van der Waals surface area contributed by atoms with Gasteiger partial charge in [-0.25, -0.2) is 0 Å². The SMILES string of the molecule is CN1C(=O)[C@@H](N)CSc2ccccc21.Cl. The van der Waals surface area contributed by atoms with Gasteiger partial charge in [0.2, 0.25) is 5.91 Å². The van der Waals surface area contributed by atoms with Crippen LogP contribution in [0.3, 0.4) is 0 Å². The van der Waals surface area contributed by atoms with Crippen molar-refractivity contribution in [3.63, 3.8) is 0 Å². The minimum atomic E-state index is -0.391. The minimum absolute atomic E-state index is 0. The number of nitrogens with two attached hydrogens (primary N) is 1. The Morgan fingerprint density at radius 3 is 2.87 bits per heavy atom. The van der Waals surface area contributed by atoms with Crippen LogP contribution in [0.25, 0.3) is 0 Å². The molecule has 5 heteroatoms. The summed E-state index contributed by atoms with van der Waals surface area (Å²) < 4.78 is 0. The third-order valence-electron chi connectivity index (χ3n) is 2.29. The van der Waals surface area contributed by atoms with Crippen LogP contribution in [0.15, 0.2) is 29.2 Å². The Hall–Kier alpha value is -0.710. The topological polar surface area (TPSA) is 46.3 Å². The first-order valence-corrected chi connectivity index (χ1v) is 5.43. The van der Waals surface area contributed by atoms with Crippen LogP contribution in [0.4, 0.5) is 5.69 Å². The maximum atomic E-state index is 11.7. The number of anilines is 1. The van der Waals surface area contributed by atoms with Crippen molar-refractivity contribution >= 4 is 35.8 Å². The molecular weight excluding hydrogens is 232 g/mol. The van der Waals surface area contributed by atoms with Crippen molar-refractivity contribution in [2.75, 3.05) is 17.7 Å². The fraction of sp³-hybridized carbons (Fsp3) is 0.300. The first kappa shape index (κ1) is 12.4. The smallest absolute Gasteiger partial charge is 0.244 e. The molecule has 0 fully saturated rings. The molecule has 1 aromatic carbocycles. The maximum absolute atomic E-state index is 11.7. The van der Waals surface area contributed by atoms with Gasteiger partial charge >= 0.3 is 0 Å². The second-order valence-corrected chi connectivity index (χ2v) is 4.34. The largest absolute Gasteiger partial charge is 0.319 e. The number of carbonyl (C=O) groups is 1. The molecule has 0 saturated heterocycles. The summed E-state index contributed by atoms with van der Waals surface area (Å²) in [4.78, 5) is 14.5. The van der Waals surface area contributed by atoms with Crippen molar-refractivity contribution in [3.8, 4) is 0 Å². The Bertz CT molecular complexity index is 372. The fourth-order valence-electron chi connectivity index (χ4n) is 1.47. The summed E-state index contributed by atoms with van der Waals surface area (Å²) in [6, 6.07) is 7.47. The summed E-state index contributed by atoms with van der Waals surface area (Å²) >= 11 is 1.64. The van der Waals surface area contributed by atoms with Crippen LogP contribution in [0, 0.1) is 0 Å². The van der Waals surface area contributed by atoms with Gasteiger partial charge in [-0.05, 0) is 12.1 Å². The van der Waals surface area contributed by atoms with Crippen molar-refractivity contribution < 1.29 is 4.79 Å². The summed E-state index contributed by atoms with van der Waals surface area (Å²) in [5.41, 5.74) is 6.69. The van der Waals surface area contributed by atoms with Crippen LogP contribution >= 0.6 is 24.2 Å². The Morgan fingerprint density at radius 2 is 2.13 bits per heavy atom. The molecule has 1 atom stereocenters. The molecule has 2 rings (SSSR count). The fourth-order valence-corrected chi connectivity index (χ4v) is 2.50. The Morgan fingerprint density at radius 1 is 1.47 bits per heavy atom. The Kier molecular flexibility index (Phi) is 4.02. The third kappa shape index (κ3) is 2.27. The number of halogens is 1. The van der Waals surface area contributed by atoms with Gasteiger partial charge in [-0.3, -0.25) is 4.79 Å². The first-order chi connectivity index (χ1) is 6.70. The number of carbonyl (C=O) groups excluding carboxylic acids is 1. The van der Waals surface area contributed by atoms with E-state index in [-0.39, 0.29) is 18.3 Å². The summed E-state index contributed by atoms with van der Waals surface area (Å²) in [7, 11) is 1.77. The average Bonchev–Trinajstić information content (AvgIpc) is 2.32. The van der Waals surface area contributed by atoms with E-state index >= 15 is 0 Å². The van der Waals surface area contributed by atoms with E-state index in [4.69, 9.17) is 5.73 Å². The normalized spacial score (nSPS) is 20.3. The number of likely N-dealkylation sites (N-methyl/N-ethyl adjacent to an activating group) is 1. The highest BCUT2D eigenvalue weighted by Gasteiger charge is 2.24. The highest BCUT2D eigenvalue weighted by atomic mass is 35.5. The number of amides is 1. The molecule has 1 amide bonds. The van der Waals surface area contributed by atoms with E-state index in [1.807, 2.05) is 24.3 Å². The van der Waals surface area contributed by atoms with Crippen LogP contribution in [0.2, 0.25) is 0 Å². The average molecular weight is 245 g/mol. The molecule has 82 valence electrons. The lowest BCUT2D eigenvalue weighted by atomic mass is 10.2. The maximum Gasteiger partial charge on any atom is 0.244 e. The number of nitrogens with zero attached hydrogens (tertiary/aromatic N) is 1. The second-order valence-electron chi connectivity index (χ2n) is 3.28. The highest BCUT2D eigenvalue weighted by molar-refractivity contribution is 7.99. The molecule has 1 aliphatic heterocycles. The number of thioether (sulfide) groups is 1. The van der Waals surface area contributed by atoms with Gasteiger partial charge in [0.25, 0.3) is 0 Å². The number of fused-ring (bicyclic) bond motifs is 1. The van der Waals surface area contributed by atoms with E-state index in [1.54, 1.807) is 23.7 Å². The van der Waals surface area contributed by atoms with Gasteiger partial charge < -0.3 is 10.6 Å². The van der Waals surface area contributed by atoms with Crippen molar-refractivity contribution in [2.45, 2.75) is 10.9 Å². The molecular formula is C10H13ClN2OS. The molecule has 0 aliphatic carbocycles. The summed E-state index contributed by atoms with van der Waals surface area (Å²) in [5.74, 6) is 0.641. The van der Waals surface area contributed by atoms with E-state index in [1.165, 1.54) is 0 Å². The first-order valence-electron chi connectivity index (χ1n) is 4.45. The predicted molar refractivity (Wildman–Crippen MR) is 65.8 cm³/mol. The molecule has 0 saturated carbocycles. The van der Waals surface area contributed by atoms with Crippen molar-refractivity contribution in [1.29, 1.82) is 0 Å². The van der Waals surface area contributed by atoms with Crippen LogP contribution < -0.4 is 10.6 Å². The van der Waals surface area contributed by atoms with Crippen LogP contribution in [0.1, 0.15) is 0 Å². The van der Waals surface area contributed by atoms with Gasteiger partial charge in [0, 0.05) is 17.7 Å². The molecule has 15 heavy (non-hydrogen) atoms. The molecule has 0 radical (unpaired) electrons. The van der Waals surface area contributed by atoms with E-state index < -0.39 is 6.04 Å². The zero-order valence-electron chi connectivity index (χ0n) is 8.34. The van der Waals surface area contributed by atoms with Crippen molar-refractivity contribution in [1.82, 2.24) is 0 Å². The lowest BCUT2D eigenvalue weighted by Crippen LogP contribution is -2.42. The van der Waals surface area contributed by atoms with Gasteiger partial charge in [-0.15, -0.1) is 24.2 Å². The van der Waals surface area contributed by atoms with E-state index in [2.05, 4.69) is 0 Å². The third-order valence-corrected chi connectivity index (χ3v) is 3.47. The monoisotopic (exact) mass is 244 g/mol. The molecule has 0 bridgehead atoms. The molecule has 1 aliphatic rings. The molecule has 0 spiro atoms. The molecule has 0 unspecified atom stereocenters. The molecule has 3 nitrogen and oxygen atoms in total. The second kappa shape index (κ2) is 4.88. The standard InChI is InChI=1S/C10H12N2OS.ClH/c1-12-8-4-2-3-5-9(8)14-6-7(11)10(12)13;/h2-5,7H,6,11H2,1H3;1H/t7-;/m0./s1. The van der Waals surface area contributed by atoms with Crippen LogP contribution in [-0.2, 0) is 4.79 Å². The molecule has 2 N–H and O–H groups in total. The summed E-state index contributed by atoms with van der Waals surface area (Å²) in [6.45, 7) is 0. The zero-order chi connectivity index (χ0) is 10.1. The predicted octanol–water partition coefficient (Wildman–Crippen LogP) is 1.50. The summed E-state index contributed by atoms with van der Waals surface area (Å²) in [6.07, 6.45) is 0. The lowest BCUT2D eigenvalue weighted by Gasteiger charge is -2.18. The van der Waals surface area contributed by atoms with E-state index in [0.717, 1.165) is 10.6 Å². The van der Waals surface area contributed by atoms with E-state index in [0.29, 0.717) is 5.75 Å². The minimum Gasteiger partial charge on any atom is -0.319 e. The van der Waals surface area contributed by atoms with Gasteiger partial charge in [-0.2, -0.15) is 0 Å². The lowest BCUT2D eigenvalue weighted by molar-refractivity contribution is -0.119. The summed E-state index contributed by atoms with van der Waals surface area (Å²) in [5, 5.41) is 0. The molecule has 0 aromatic heterocycles. The Balaban J connectivity index is 0.00000112. The zero-order valence-corrected chi connectivity index (χ0v) is 9.98. The highest BCUT2D eigenvalue weighted by Crippen LogP contribution is 2.32. The van der Waals surface area contributed by atoms with Crippen LogP contribution in [0.5, 0.6) is 0 Å². The molecule has 1 heterocycles. The number of hydrogen-bond donors (Lipinski definition) is 1. The van der Waals surface area contributed by atoms with Gasteiger partial charge in [-0.1, -0.05) is 12.1 Å². The van der Waals surface area contributed by atoms with Crippen molar-refractivity contribution in [2.24, 2.45) is 5.73 Å². The quantitative estimate of drug-likeness (QED) is 0.753. The number of hydrogen-bond acceptors (Lipinski definition) is 3. The van der Waals surface area contributed by atoms with Gasteiger partial charge in [0.15, 0.2) is 0 Å². The molecule has 1 aromatic rings. The Labute approximate surface area is 99.4 Å². The van der Waals surface area contributed by atoms with Gasteiger partial charge in [0.05, 0.1) is 11.7 Å². The van der Waals surface area contributed by atoms with Gasteiger partial charge in [0.1, 0.15) is 0 Å². The number of rotatable bonds is 0. The van der Waals surface area contributed by atoms with Crippen LogP contribution in [-0.4, -0.2) is 24.7 Å².